The molecule has 0 bridgehead atoms. The van der Waals surface area contributed by atoms with Crippen molar-refractivity contribution in [3.63, 3.8) is 0 Å². The first-order valence-corrected chi connectivity index (χ1v) is 9.57. The van der Waals surface area contributed by atoms with Gasteiger partial charge in [-0.25, -0.2) is 23.1 Å². The van der Waals surface area contributed by atoms with Crippen molar-refractivity contribution in [3.8, 4) is 23.1 Å². The molecule has 2 aromatic heterocycles. The highest BCUT2D eigenvalue weighted by atomic mass is 19.3. The van der Waals surface area contributed by atoms with Gasteiger partial charge in [0.25, 0.3) is 5.92 Å². The van der Waals surface area contributed by atoms with Crippen LogP contribution in [0.4, 0.5) is 13.2 Å². The van der Waals surface area contributed by atoms with Crippen LogP contribution in [0.15, 0.2) is 34.9 Å². The Kier molecular flexibility index (Phi) is 5.03. The van der Waals surface area contributed by atoms with Crippen molar-refractivity contribution in [3.05, 3.63) is 36.3 Å². The number of hydrogen-bond acceptors (Lipinski definition) is 6. The molecule has 0 spiro atoms. The number of benzene rings is 1. The molecule has 31 heavy (non-hydrogen) atoms. The minimum absolute atomic E-state index is 0.0500. The second kappa shape index (κ2) is 7.44. The summed E-state index contributed by atoms with van der Waals surface area (Å²) >= 11 is 0. The van der Waals surface area contributed by atoms with Crippen LogP contribution in [0.3, 0.4) is 0 Å². The molecular weight excluding hydrogens is 415 g/mol. The van der Waals surface area contributed by atoms with Crippen molar-refractivity contribution < 1.29 is 31.9 Å². The summed E-state index contributed by atoms with van der Waals surface area (Å²) < 4.78 is 57.2. The number of hydrogen-bond donors (Lipinski definition) is 1. The molecule has 0 aliphatic heterocycles. The van der Waals surface area contributed by atoms with E-state index in [4.69, 9.17) is 13.9 Å². The van der Waals surface area contributed by atoms with Crippen LogP contribution in [-0.4, -0.2) is 34.1 Å². The highest BCUT2D eigenvalue weighted by Crippen LogP contribution is 2.48. The summed E-state index contributed by atoms with van der Waals surface area (Å²) in [6, 6.07) is 5.80. The SMILES string of the molecule is CC(=O)NC(C)(C)Oc1cnc(-c2nc3ccc(OCC4CC4(F)F)cc3o2)c(F)c1. The number of alkyl halides is 2. The maximum absolute atomic E-state index is 14.6. The molecule has 3 aromatic rings. The lowest BCUT2D eigenvalue weighted by molar-refractivity contribution is -0.123. The molecule has 2 heterocycles. The highest BCUT2D eigenvalue weighted by molar-refractivity contribution is 5.77. The molecule has 0 saturated heterocycles. The molecule has 4 rings (SSSR count). The van der Waals surface area contributed by atoms with Crippen molar-refractivity contribution in [2.24, 2.45) is 5.92 Å². The number of halogens is 3. The van der Waals surface area contributed by atoms with E-state index in [1.165, 1.54) is 19.2 Å². The second-order valence-electron chi connectivity index (χ2n) is 7.92. The standard InChI is InChI=1S/C21H20F3N3O4/c1-11(28)27-20(2,3)31-14-6-15(22)18(25-9-14)19-26-16-5-4-13(7-17(16)30-19)29-10-12-8-21(12,23)24/h4-7,9,12H,8,10H2,1-3H3,(H,27,28). The van der Waals surface area contributed by atoms with E-state index in [-0.39, 0.29) is 36.3 Å². The first-order chi connectivity index (χ1) is 14.5. The van der Waals surface area contributed by atoms with Crippen LogP contribution in [-0.2, 0) is 4.79 Å². The van der Waals surface area contributed by atoms with E-state index in [2.05, 4.69) is 15.3 Å². The van der Waals surface area contributed by atoms with E-state index < -0.39 is 23.4 Å². The Morgan fingerprint density at radius 2 is 2.06 bits per heavy atom. The van der Waals surface area contributed by atoms with E-state index in [9.17, 15) is 18.0 Å². The van der Waals surface area contributed by atoms with Gasteiger partial charge < -0.3 is 19.2 Å². The number of carbonyl (C=O) groups excluding carboxylic acids is 1. The van der Waals surface area contributed by atoms with E-state index in [1.807, 2.05) is 0 Å². The molecule has 7 nitrogen and oxygen atoms in total. The lowest BCUT2D eigenvalue weighted by Gasteiger charge is -2.26. The number of nitrogens with zero attached hydrogens (tertiary/aromatic N) is 2. The lowest BCUT2D eigenvalue weighted by atomic mass is 10.3. The summed E-state index contributed by atoms with van der Waals surface area (Å²) in [6.07, 6.45) is 1.12. The van der Waals surface area contributed by atoms with Crippen LogP contribution < -0.4 is 14.8 Å². The molecule has 1 amide bonds. The minimum atomic E-state index is -2.65. The van der Waals surface area contributed by atoms with Crippen molar-refractivity contribution in [2.45, 2.75) is 38.8 Å². The zero-order valence-electron chi connectivity index (χ0n) is 17.0. The zero-order chi connectivity index (χ0) is 22.4. The summed E-state index contributed by atoms with van der Waals surface area (Å²) in [5, 5.41) is 2.59. The van der Waals surface area contributed by atoms with Gasteiger partial charge in [0.15, 0.2) is 22.8 Å². The molecule has 1 aliphatic carbocycles. The molecule has 0 radical (unpaired) electrons. The van der Waals surface area contributed by atoms with Gasteiger partial charge >= 0.3 is 0 Å². The normalized spacial score (nSPS) is 17.4. The Bertz CT molecular complexity index is 1150. The Hall–Kier alpha value is -3.30. The minimum Gasteiger partial charge on any atom is -0.493 e. The van der Waals surface area contributed by atoms with Crippen molar-refractivity contribution in [2.75, 3.05) is 6.61 Å². The van der Waals surface area contributed by atoms with Gasteiger partial charge in [0, 0.05) is 25.5 Å². The number of pyridine rings is 1. The third-order valence-electron chi connectivity index (χ3n) is 4.64. The Morgan fingerprint density at radius 1 is 1.32 bits per heavy atom. The van der Waals surface area contributed by atoms with Crippen LogP contribution in [0.1, 0.15) is 27.2 Å². The van der Waals surface area contributed by atoms with Gasteiger partial charge in [-0.3, -0.25) is 4.79 Å². The summed E-state index contributed by atoms with van der Waals surface area (Å²) in [4.78, 5) is 19.5. The first-order valence-electron chi connectivity index (χ1n) is 9.57. The van der Waals surface area contributed by atoms with Crippen LogP contribution >= 0.6 is 0 Å². The summed E-state index contributed by atoms with van der Waals surface area (Å²) in [5.74, 6) is -4.03. The third-order valence-corrected chi connectivity index (χ3v) is 4.64. The molecule has 1 aliphatic rings. The van der Waals surface area contributed by atoms with Gasteiger partial charge in [0.05, 0.1) is 18.7 Å². The molecule has 1 aromatic carbocycles. The number of fused-ring (bicyclic) bond motifs is 1. The molecule has 1 fully saturated rings. The number of carbonyl (C=O) groups is 1. The molecular formula is C21H20F3N3O4. The van der Waals surface area contributed by atoms with Crippen LogP contribution in [0, 0.1) is 11.7 Å². The smallest absolute Gasteiger partial charge is 0.255 e. The van der Waals surface area contributed by atoms with E-state index in [0.29, 0.717) is 16.8 Å². The van der Waals surface area contributed by atoms with Gasteiger partial charge in [-0.15, -0.1) is 0 Å². The number of rotatable bonds is 7. The monoisotopic (exact) mass is 435 g/mol. The van der Waals surface area contributed by atoms with Crippen LogP contribution in [0.5, 0.6) is 11.5 Å². The third kappa shape index (κ3) is 4.73. The van der Waals surface area contributed by atoms with E-state index >= 15 is 0 Å². The summed E-state index contributed by atoms with van der Waals surface area (Å²) in [5.41, 5.74) is -0.434. The maximum Gasteiger partial charge on any atom is 0.255 e. The van der Waals surface area contributed by atoms with Crippen LogP contribution in [0.2, 0.25) is 0 Å². The fourth-order valence-corrected chi connectivity index (χ4v) is 3.12. The predicted octanol–water partition coefficient (Wildman–Crippen LogP) is 4.31. The van der Waals surface area contributed by atoms with Gasteiger partial charge in [0.1, 0.15) is 17.0 Å². The molecule has 164 valence electrons. The number of amides is 1. The highest BCUT2D eigenvalue weighted by Gasteiger charge is 2.57. The summed E-state index contributed by atoms with van der Waals surface area (Å²) in [6.45, 7) is 4.49. The predicted molar refractivity (Wildman–Crippen MR) is 104 cm³/mol. The van der Waals surface area contributed by atoms with Crippen molar-refractivity contribution >= 4 is 17.0 Å². The zero-order valence-corrected chi connectivity index (χ0v) is 17.0. The maximum atomic E-state index is 14.6. The number of ether oxygens (including phenoxy) is 2. The molecule has 1 atom stereocenters. The first kappa shape index (κ1) is 21.0. The van der Waals surface area contributed by atoms with Crippen LogP contribution in [0.25, 0.3) is 22.7 Å². The molecule has 1 saturated carbocycles. The largest absolute Gasteiger partial charge is 0.493 e. The quantitative estimate of drug-likeness (QED) is 0.557. The number of nitrogens with one attached hydrogen (secondary N) is 1. The Balaban J connectivity index is 1.50. The number of oxazole rings is 1. The molecule has 1 N–H and O–H groups in total. The topological polar surface area (TPSA) is 86.5 Å². The molecule has 10 heteroatoms. The average Bonchev–Trinajstić information content (AvgIpc) is 3.06. The van der Waals surface area contributed by atoms with Gasteiger partial charge in [0.2, 0.25) is 11.8 Å². The van der Waals surface area contributed by atoms with E-state index in [0.717, 1.165) is 6.07 Å². The second-order valence-corrected chi connectivity index (χ2v) is 7.92. The van der Waals surface area contributed by atoms with Gasteiger partial charge in [-0.1, -0.05) is 0 Å². The number of aromatic nitrogens is 2. The van der Waals surface area contributed by atoms with Crippen molar-refractivity contribution in [1.82, 2.24) is 15.3 Å². The summed E-state index contributed by atoms with van der Waals surface area (Å²) in [7, 11) is 0. The fraction of sp³-hybridized carbons (Fsp3) is 0.381. The van der Waals surface area contributed by atoms with Gasteiger partial charge in [-0.05, 0) is 26.0 Å². The lowest BCUT2D eigenvalue weighted by Crippen LogP contribution is -2.47. The average molecular weight is 435 g/mol. The Morgan fingerprint density at radius 3 is 2.71 bits per heavy atom. The van der Waals surface area contributed by atoms with E-state index in [1.54, 1.807) is 26.0 Å². The Labute approximate surface area is 175 Å². The fourth-order valence-electron chi connectivity index (χ4n) is 3.12. The molecule has 1 unspecified atom stereocenters. The van der Waals surface area contributed by atoms with Crippen molar-refractivity contribution in [1.29, 1.82) is 0 Å². The van der Waals surface area contributed by atoms with Gasteiger partial charge in [-0.2, -0.15) is 0 Å².